The predicted molar refractivity (Wildman–Crippen MR) is 87.8 cm³/mol. The minimum Gasteiger partial charge on any atom is -0.396 e. The molecule has 0 bridgehead atoms. The number of benzene rings is 1. The van der Waals surface area contributed by atoms with Gasteiger partial charge in [0.25, 0.3) is 5.91 Å². The van der Waals surface area contributed by atoms with E-state index in [-0.39, 0.29) is 24.5 Å². The molecule has 1 heterocycles. The fourth-order valence-electron chi connectivity index (χ4n) is 3.05. The van der Waals surface area contributed by atoms with Gasteiger partial charge in [0.1, 0.15) is 0 Å². The van der Waals surface area contributed by atoms with Gasteiger partial charge in [-0.3, -0.25) is 4.79 Å². The first-order chi connectivity index (χ1) is 11.3. The second kappa shape index (κ2) is 7.33. The number of nitrogens with one attached hydrogen (secondary N) is 1. The third-order valence-corrected chi connectivity index (χ3v) is 4.41. The Bertz CT molecular complexity index is 643. The summed E-state index contributed by atoms with van der Waals surface area (Å²) in [5.41, 5.74) is 1.37. The highest BCUT2D eigenvalue weighted by Crippen LogP contribution is 2.24. The summed E-state index contributed by atoms with van der Waals surface area (Å²) in [4.78, 5) is 20.9. The molecule has 2 aromatic rings. The van der Waals surface area contributed by atoms with Crippen LogP contribution in [0.1, 0.15) is 36.0 Å². The quantitative estimate of drug-likeness (QED) is 0.909. The number of aromatic nitrogens is 2. The van der Waals surface area contributed by atoms with Crippen LogP contribution in [0.5, 0.6) is 0 Å². The van der Waals surface area contributed by atoms with E-state index in [2.05, 4.69) is 15.3 Å². The minimum absolute atomic E-state index is 0.0371. The number of carbonyl (C=O) groups excluding carboxylic acids is 1. The number of hydrogen-bond acceptors (Lipinski definition) is 4. The molecular weight excluding hydrogens is 290 g/mol. The molecule has 0 aliphatic heterocycles. The molecule has 2 atom stereocenters. The van der Waals surface area contributed by atoms with Crippen LogP contribution in [0.3, 0.4) is 0 Å². The van der Waals surface area contributed by atoms with Crippen molar-refractivity contribution in [1.29, 1.82) is 0 Å². The molecule has 1 saturated carbocycles. The van der Waals surface area contributed by atoms with Crippen molar-refractivity contribution in [3.63, 3.8) is 0 Å². The number of rotatable bonds is 4. The second-order valence-corrected chi connectivity index (χ2v) is 5.97. The molecule has 5 nitrogen and oxygen atoms in total. The summed E-state index contributed by atoms with van der Waals surface area (Å²) in [7, 11) is 0. The summed E-state index contributed by atoms with van der Waals surface area (Å²) in [6, 6.07) is 9.70. The second-order valence-electron chi connectivity index (χ2n) is 5.97. The van der Waals surface area contributed by atoms with Gasteiger partial charge in [-0.25, -0.2) is 9.97 Å². The summed E-state index contributed by atoms with van der Waals surface area (Å²) in [6.45, 7) is 0.119. The number of amides is 1. The molecule has 2 N–H and O–H groups in total. The summed E-state index contributed by atoms with van der Waals surface area (Å²) < 4.78 is 0. The van der Waals surface area contributed by atoms with Crippen LogP contribution in [0.2, 0.25) is 0 Å². The van der Waals surface area contributed by atoms with E-state index >= 15 is 0 Å². The van der Waals surface area contributed by atoms with E-state index in [4.69, 9.17) is 0 Å². The van der Waals surface area contributed by atoms with Crippen LogP contribution in [0.25, 0.3) is 11.4 Å². The van der Waals surface area contributed by atoms with Crippen molar-refractivity contribution >= 4 is 5.91 Å². The maximum Gasteiger partial charge on any atom is 0.254 e. The summed E-state index contributed by atoms with van der Waals surface area (Å²) in [6.07, 6.45) is 7.20. The summed E-state index contributed by atoms with van der Waals surface area (Å²) in [5, 5.41) is 12.4. The molecule has 1 aliphatic carbocycles. The maximum absolute atomic E-state index is 12.3. The molecule has 2 unspecified atom stereocenters. The first-order valence-corrected chi connectivity index (χ1v) is 8.07. The van der Waals surface area contributed by atoms with Gasteiger partial charge in [0.05, 0.1) is 5.56 Å². The monoisotopic (exact) mass is 311 g/mol. The van der Waals surface area contributed by atoms with Gasteiger partial charge >= 0.3 is 0 Å². The Morgan fingerprint density at radius 2 is 1.83 bits per heavy atom. The van der Waals surface area contributed by atoms with Gasteiger partial charge in [0, 0.05) is 36.5 Å². The Hall–Kier alpha value is -2.27. The number of hydrogen-bond donors (Lipinski definition) is 2. The molecule has 0 radical (unpaired) electrons. The summed E-state index contributed by atoms with van der Waals surface area (Å²) in [5.74, 6) is 0.584. The average Bonchev–Trinajstić information content (AvgIpc) is 2.63. The Morgan fingerprint density at radius 3 is 2.52 bits per heavy atom. The van der Waals surface area contributed by atoms with Gasteiger partial charge < -0.3 is 10.4 Å². The molecule has 23 heavy (non-hydrogen) atoms. The Kier molecular flexibility index (Phi) is 4.98. The van der Waals surface area contributed by atoms with Gasteiger partial charge in [-0.15, -0.1) is 0 Å². The molecular formula is C18H21N3O2. The maximum atomic E-state index is 12.3. The normalized spacial score (nSPS) is 20.9. The molecule has 1 aromatic heterocycles. The minimum atomic E-state index is -0.171. The fourth-order valence-corrected chi connectivity index (χ4v) is 3.05. The Balaban J connectivity index is 1.68. The third kappa shape index (κ3) is 3.74. The molecule has 1 aromatic carbocycles. The van der Waals surface area contributed by atoms with Crippen molar-refractivity contribution in [3.8, 4) is 11.4 Å². The van der Waals surface area contributed by atoms with E-state index < -0.39 is 0 Å². The van der Waals surface area contributed by atoms with E-state index in [0.29, 0.717) is 11.4 Å². The predicted octanol–water partition coefficient (Wildman–Crippen LogP) is 2.42. The summed E-state index contributed by atoms with van der Waals surface area (Å²) >= 11 is 0. The molecule has 0 saturated heterocycles. The fraction of sp³-hybridized carbons (Fsp3) is 0.389. The first kappa shape index (κ1) is 15.6. The van der Waals surface area contributed by atoms with Crippen LogP contribution >= 0.6 is 0 Å². The smallest absolute Gasteiger partial charge is 0.254 e. The SMILES string of the molecule is O=C(NC1CCCCC1CO)c1cnc(-c2ccccc2)nc1. The lowest BCUT2D eigenvalue weighted by Crippen LogP contribution is -2.43. The van der Waals surface area contributed by atoms with Crippen LogP contribution < -0.4 is 5.32 Å². The third-order valence-electron chi connectivity index (χ3n) is 4.41. The van der Waals surface area contributed by atoms with Crippen LogP contribution in [0.4, 0.5) is 0 Å². The van der Waals surface area contributed by atoms with Crippen molar-refractivity contribution < 1.29 is 9.90 Å². The van der Waals surface area contributed by atoms with Gasteiger partial charge in [-0.05, 0) is 12.8 Å². The molecule has 1 aliphatic rings. The topological polar surface area (TPSA) is 75.1 Å². The molecule has 1 amide bonds. The molecule has 1 fully saturated rings. The van der Waals surface area contributed by atoms with Crippen molar-refractivity contribution in [2.75, 3.05) is 6.61 Å². The number of carbonyl (C=O) groups is 1. The molecule has 120 valence electrons. The first-order valence-electron chi connectivity index (χ1n) is 8.07. The van der Waals surface area contributed by atoms with Crippen molar-refractivity contribution in [1.82, 2.24) is 15.3 Å². The van der Waals surface area contributed by atoms with Crippen molar-refractivity contribution in [2.45, 2.75) is 31.7 Å². The number of nitrogens with zero attached hydrogens (tertiary/aromatic N) is 2. The number of aliphatic hydroxyl groups excluding tert-OH is 1. The standard InChI is InChI=1S/C18H21N3O2/c22-12-14-8-4-5-9-16(14)21-18(23)15-10-19-17(20-11-15)13-6-2-1-3-7-13/h1-3,6-7,10-11,14,16,22H,4-5,8-9,12H2,(H,21,23). The van der Waals surface area contributed by atoms with Gasteiger partial charge in [0.15, 0.2) is 5.82 Å². The van der Waals surface area contributed by atoms with Gasteiger partial charge in [-0.2, -0.15) is 0 Å². The number of aliphatic hydroxyl groups is 1. The Morgan fingerprint density at radius 1 is 1.13 bits per heavy atom. The molecule has 5 heteroatoms. The zero-order valence-electron chi connectivity index (χ0n) is 13.0. The Labute approximate surface area is 135 Å². The van der Waals surface area contributed by atoms with Crippen LogP contribution in [-0.4, -0.2) is 33.6 Å². The van der Waals surface area contributed by atoms with Crippen molar-refractivity contribution in [3.05, 3.63) is 48.3 Å². The van der Waals surface area contributed by atoms with Crippen LogP contribution in [-0.2, 0) is 0 Å². The zero-order valence-corrected chi connectivity index (χ0v) is 13.0. The van der Waals surface area contributed by atoms with E-state index in [1.807, 2.05) is 30.3 Å². The van der Waals surface area contributed by atoms with Gasteiger partial charge in [-0.1, -0.05) is 43.2 Å². The largest absolute Gasteiger partial charge is 0.396 e. The van der Waals surface area contributed by atoms with E-state index in [0.717, 1.165) is 31.2 Å². The van der Waals surface area contributed by atoms with Gasteiger partial charge in [0.2, 0.25) is 0 Å². The van der Waals surface area contributed by atoms with Crippen LogP contribution in [0, 0.1) is 5.92 Å². The molecule has 3 rings (SSSR count). The molecule has 0 spiro atoms. The highest BCUT2D eigenvalue weighted by Gasteiger charge is 2.26. The zero-order chi connectivity index (χ0) is 16.1. The van der Waals surface area contributed by atoms with E-state index in [1.54, 1.807) is 12.4 Å². The highest BCUT2D eigenvalue weighted by molar-refractivity contribution is 5.93. The lowest BCUT2D eigenvalue weighted by Gasteiger charge is -2.30. The van der Waals surface area contributed by atoms with E-state index in [1.165, 1.54) is 0 Å². The lowest BCUT2D eigenvalue weighted by atomic mass is 9.85. The average molecular weight is 311 g/mol. The lowest BCUT2D eigenvalue weighted by molar-refractivity contribution is 0.0872. The van der Waals surface area contributed by atoms with Crippen LogP contribution in [0.15, 0.2) is 42.7 Å². The van der Waals surface area contributed by atoms with Crippen molar-refractivity contribution in [2.24, 2.45) is 5.92 Å². The highest BCUT2D eigenvalue weighted by atomic mass is 16.3. The van der Waals surface area contributed by atoms with E-state index in [9.17, 15) is 9.90 Å².